The van der Waals surface area contributed by atoms with Gasteiger partial charge >= 0.3 is 0 Å². The number of pyridine rings is 1. The first-order chi connectivity index (χ1) is 8.83. The van der Waals surface area contributed by atoms with Gasteiger partial charge in [-0.1, -0.05) is 0 Å². The van der Waals surface area contributed by atoms with Gasteiger partial charge in [0.15, 0.2) is 12.1 Å². The molecule has 3 heterocycles. The summed E-state index contributed by atoms with van der Waals surface area (Å²) < 4.78 is 7.42. The Morgan fingerprint density at radius 2 is 2.22 bits per heavy atom. The highest BCUT2D eigenvalue weighted by Crippen LogP contribution is 2.22. The van der Waals surface area contributed by atoms with E-state index in [4.69, 9.17) is 10.5 Å². The maximum Gasteiger partial charge on any atom is 0.199 e. The van der Waals surface area contributed by atoms with E-state index in [1.54, 1.807) is 23.3 Å². The Balaban J connectivity index is 1.82. The van der Waals surface area contributed by atoms with E-state index >= 15 is 0 Å². The number of nitrogens with two attached hydrogens (primary N) is 1. The van der Waals surface area contributed by atoms with Gasteiger partial charge < -0.3 is 10.5 Å². The largest absolute Gasteiger partial charge is 0.397 e. The summed E-state index contributed by atoms with van der Waals surface area (Å²) in [4.78, 5) is 8.46. The van der Waals surface area contributed by atoms with Crippen LogP contribution < -0.4 is 5.73 Å². The van der Waals surface area contributed by atoms with Crippen molar-refractivity contribution in [2.45, 2.75) is 25.5 Å². The normalized spacial score (nSPS) is 19.9. The zero-order valence-electron chi connectivity index (χ0n) is 9.99. The predicted molar refractivity (Wildman–Crippen MR) is 66.5 cm³/mol. The van der Waals surface area contributed by atoms with Crippen LogP contribution in [0, 0.1) is 0 Å². The summed E-state index contributed by atoms with van der Waals surface area (Å²) in [6, 6.07) is 3.61. The molecule has 0 spiro atoms. The van der Waals surface area contributed by atoms with E-state index in [1.807, 2.05) is 6.07 Å². The molecule has 2 aromatic rings. The molecule has 2 N–H and O–H groups in total. The highest BCUT2D eigenvalue weighted by Gasteiger charge is 2.17. The van der Waals surface area contributed by atoms with Gasteiger partial charge in [0.25, 0.3) is 0 Å². The van der Waals surface area contributed by atoms with E-state index in [1.165, 1.54) is 6.42 Å². The SMILES string of the molecule is Nc1ccc(-c2ncn(C3CCCCO3)n2)nc1. The van der Waals surface area contributed by atoms with Crippen LogP contribution in [0.25, 0.3) is 11.5 Å². The molecule has 0 bridgehead atoms. The molecule has 18 heavy (non-hydrogen) atoms. The minimum absolute atomic E-state index is 0.00813. The van der Waals surface area contributed by atoms with E-state index in [0.29, 0.717) is 11.5 Å². The molecule has 1 aliphatic heterocycles. The minimum atomic E-state index is 0.00813. The average molecular weight is 245 g/mol. The first-order valence-corrected chi connectivity index (χ1v) is 6.07. The van der Waals surface area contributed by atoms with Crippen molar-refractivity contribution < 1.29 is 4.74 Å². The molecular formula is C12H15N5O. The maximum absolute atomic E-state index is 5.65. The molecule has 1 aliphatic rings. The molecule has 1 unspecified atom stereocenters. The summed E-state index contributed by atoms with van der Waals surface area (Å²) in [6.07, 6.45) is 6.58. The second-order valence-electron chi connectivity index (χ2n) is 4.35. The Hall–Kier alpha value is -1.95. The van der Waals surface area contributed by atoms with Crippen molar-refractivity contribution in [2.75, 3.05) is 12.3 Å². The Morgan fingerprint density at radius 1 is 1.28 bits per heavy atom. The summed E-state index contributed by atoms with van der Waals surface area (Å²) in [6.45, 7) is 0.792. The number of nitrogen functional groups attached to an aromatic ring is 1. The second-order valence-corrected chi connectivity index (χ2v) is 4.35. The first-order valence-electron chi connectivity index (χ1n) is 6.07. The number of hydrogen-bond acceptors (Lipinski definition) is 5. The molecule has 94 valence electrons. The molecule has 1 atom stereocenters. The van der Waals surface area contributed by atoms with Gasteiger partial charge in [-0.15, -0.1) is 5.10 Å². The van der Waals surface area contributed by atoms with Crippen molar-refractivity contribution in [1.82, 2.24) is 19.7 Å². The third-order valence-electron chi connectivity index (χ3n) is 2.97. The van der Waals surface area contributed by atoms with Crippen LogP contribution in [-0.2, 0) is 4.74 Å². The van der Waals surface area contributed by atoms with Crippen LogP contribution in [0.4, 0.5) is 5.69 Å². The number of aromatic nitrogens is 4. The lowest BCUT2D eigenvalue weighted by molar-refractivity contribution is -0.0395. The lowest BCUT2D eigenvalue weighted by atomic mass is 10.2. The molecule has 6 heteroatoms. The van der Waals surface area contributed by atoms with Gasteiger partial charge in [0.05, 0.1) is 11.9 Å². The van der Waals surface area contributed by atoms with Crippen molar-refractivity contribution in [1.29, 1.82) is 0 Å². The summed E-state index contributed by atoms with van der Waals surface area (Å²) >= 11 is 0. The van der Waals surface area contributed by atoms with Crippen LogP contribution in [0.5, 0.6) is 0 Å². The lowest BCUT2D eigenvalue weighted by Gasteiger charge is -2.21. The van der Waals surface area contributed by atoms with Gasteiger partial charge in [0.1, 0.15) is 12.0 Å². The van der Waals surface area contributed by atoms with E-state index in [2.05, 4.69) is 15.1 Å². The molecule has 0 saturated carbocycles. The summed E-state index contributed by atoms with van der Waals surface area (Å²) in [5.41, 5.74) is 6.95. The van der Waals surface area contributed by atoms with Gasteiger partial charge in [-0.25, -0.2) is 9.67 Å². The Morgan fingerprint density at radius 3 is 2.94 bits per heavy atom. The topological polar surface area (TPSA) is 78.8 Å². The summed E-state index contributed by atoms with van der Waals surface area (Å²) in [5.74, 6) is 0.601. The zero-order chi connectivity index (χ0) is 12.4. The molecule has 1 saturated heterocycles. The fourth-order valence-electron chi connectivity index (χ4n) is 2.00. The van der Waals surface area contributed by atoms with Crippen molar-refractivity contribution in [3.8, 4) is 11.5 Å². The quantitative estimate of drug-likeness (QED) is 0.869. The summed E-state index contributed by atoms with van der Waals surface area (Å²) in [5, 5.41) is 4.41. The second kappa shape index (κ2) is 4.73. The standard InChI is InChI=1S/C12H15N5O/c13-9-4-5-10(14-7-9)12-15-8-17(16-12)11-3-1-2-6-18-11/h4-5,7-8,11H,1-3,6,13H2. The van der Waals surface area contributed by atoms with E-state index in [0.717, 1.165) is 25.1 Å². The van der Waals surface area contributed by atoms with E-state index in [-0.39, 0.29) is 6.23 Å². The lowest BCUT2D eigenvalue weighted by Crippen LogP contribution is -2.18. The molecule has 0 amide bonds. The fourth-order valence-corrected chi connectivity index (χ4v) is 2.00. The van der Waals surface area contributed by atoms with Gasteiger partial charge in [-0.3, -0.25) is 4.98 Å². The average Bonchev–Trinajstić information content (AvgIpc) is 2.90. The Bertz CT molecular complexity index is 516. The highest BCUT2D eigenvalue weighted by atomic mass is 16.5. The molecule has 2 aromatic heterocycles. The molecule has 0 radical (unpaired) electrons. The van der Waals surface area contributed by atoms with Gasteiger partial charge in [-0.05, 0) is 31.4 Å². The Labute approximate surface area is 105 Å². The van der Waals surface area contributed by atoms with Gasteiger partial charge in [0, 0.05) is 6.61 Å². The molecule has 6 nitrogen and oxygen atoms in total. The zero-order valence-corrected chi connectivity index (χ0v) is 9.99. The number of anilines is 1. The van der Waals surface area contributed by atoms with Crippen LogP contribution in [0.15, 0.2) is 24.7 Å². The molecule has 0 aromatic carbocycles. The minimum Gasteiger partial charge on any atom is -0.397 e. The molecule has 3 rings (SSSR count). The highest BCUT2D eigenvalue weighted by molar-refractivity contribution is 5.51. The van der Waals surface area contributed by atoms with Crippen molar-refractivity contribution in [3.05, 3.63) is 24.7 Å². The van der Waals surface area contributed by atoms with E-state index < -0.39 is 0 Å². The van der Waals surface area contributed by atoms with Crippen LogP contribution >= 0.6 is 0 Å². The van der Waals surface area contributed by atoms with Crippen LogP contribution in [0.1, 0.15) is 25.5 Å². The number of nitrogens with zero attached hydrogens (tertiary/aromatic N) is 4. The number of rotatable bonds is 2. The monoisotopic (exact) mass is 245 g/mol. The predicted octanol–water partition coefficient (Wildman–Crippen LogP) is 1.62. The molecular weight excluding hydrogens is 230 g/mol. The fraction of sp³-hybridized carbons (Fsp3) is 0.417. The van der Waals surface area contributed by atoms with Crippen LogP contribution in [0.3, 0.4) is 0 Å². The van der Waals surface area contributed by atoms with Crippen molar-refractivity contribution in [2.24, 2.45) is 0 Å². The van der Waals surface area contributed by atoms with Crippen LogP contribution in [-0.4, -0.2) is 26.4 Å². The number of hydrogen-bond donors (Lipinski definition) is 1. The third kappa shape index (κ3) is 2.19. The van der Waals surface area contributed by atoms with E-state index in [9.17, 15) is 0 Å². The molecule has 0 aliphatic carbocycles. The van der Waals surface area contributed by atoms with Crippen molar-refractivity contribution in [3.63, 3.8) is 0 Å². The summed E-state index contributed by atoms with van der Waals surface area (Å²) in [7, 11) is 0. The van der Waals surface area contributed by atoms with Crippen molar-refractivity contribution >= 4 is 5.69 Å². The van der Waals surface area contributed by atoms with Crippen LogP contribution in [0.2, 0.25) is 0 Å². The smallest absolute Gasteiger partial charge is 0.199 e. The third-order valence-corrected chi connectivity index (χ3v) is 2.97. The number of ether oxygens (including phenoxy) is 1. The van der Waals surface area contributed by atoms with Gasteiger partial charge in [0.2, 0.25) is 0 Å². The first kappa shape index (κ1) is 11.2. The van der Waals surface area contributed by atoms with Gasteiger partial charge in [-0.2, -0.15) is 0 Å². The molecule has 1 fully saturated rings. The maximum atomic E-state index is 5.65. The Kier molecular flexibility index (Phi) is 2.93.